The summed E-state index contributed by atoms with van der Waals surface area (Å²) >= 11 is 5.31. The number of aliphatic hydroxyl groups is 1. The van der Waals surface area contributed by atoms with Gasteiger partial charge < -0.3 is 9.84 Å². The minimum atomic E-state index is -3.70. The predicted molar refractivity (Wildman–Crippen MR) is 87.0 cm³/mol. The SMILES string of the molecule is CCOP1(=O)OCC2OC(n3ccc(CC)nc3=S)C(C)(O)C2O1. The van der Waals surface area contributed by atoms with Crippen molar-refractivity contribution in [3.63, 3.8) is 0 Å². The Kier molecular flexibility index (Phi) is 4.96. The van der Waals surface area contributed by atoms with Gasteiger partial charge >= 0.3 is 7.82 Å². The van der Waals surface area contributed by atoms with Crippen molar-refractivity contribution in [1.82, 2.24) is 9.55 Å². The molecule has 1 aromatic rings. The van der Waals surface area contributed by atoms with E-state index in [1.807, 2.05) is 13.0 Å². The molecule has 5 atom stereocenters. The van der Waals surface area contributed by atoms with Crippen LogP contribution in [0, 0.1) is 4.77 Å². The second kappa shape index (κ2) is 6.57. The van der Waals surface area contributed by atoms with Gasteiger partial charge in [-0.15, -0.1) is 0 Å². The van der Waals surface area contributed by atoms with Crippen LogP contribution in [0.15, 0.2) is 12.3 Å². The van der Waals surface area contributed by atoms with Crippen LogP contribution in [0.2, 0.25) is 0 Å². The standard InChI is InChI=1S/C14H21N2O6PS/c1-4-9-6-7-16(13(24)15-9)12-14(3,17)11-10(21-12)8-20-23(18,22-11)19-5-2/h6-7,10-12,17H,4-5,8H2,1-3H3. The number of aryl methyl sites for hydroxylation is 1. The third-order valence-electron chi connectivity index (χ3n) is 4.15. The molecule has 2 aliphatic rings. The number of rotatable bonds is 4. The molecule has 134 valence electrons. The first-order chi connectivity index (χ1) is 11.3. The fourth-order valence-corrected chi connectivity index (χ4v) is 4.67. The van der Waals surface area contributed by atoms with Gasteiger partial charge in [-0.2, -0.15) is 0 Å². The van der Waals surface area contributed by atoms with Crippen LogP contribution < -0.4 is 0 Å². The third kappa shape index (κ3) is 3.10. The molecule has 24 heavy (non-hydrogen) atoms. The maximum Gasteiger partial charge on any atom is 0.475 e. The van der Waals surface area contributed by atoms with Gasteiger partial charge in [0.15, 0.2) is 6.23 Å². The van der Waals surface area contributed by atoms with Gasteiger partial charge in [-0.05, 0) is 38.6 Å². The predicted octanol–water partition coefficient (Wildman–Crippen LogP) is 2.38. The molecule has 1 aromatic heterocycles. The summed E-state index contributed by atoms with van der Waals surface area (Å²) < 4.78 is 35.8. The van der Waals surface area contributed by atoms with E-state index in [9.17, 15) is 9.67 Å². The highest BCUT2D eigenvalue weighted by molar-refractivity contribution is 7.71. The lowest BCUT2D eigenvalue weighted by Gasteiger charge is -2.34. The van der Waals surface area contributed by atoms with Gasteiger partial charge in [0, 0.05) is 11.9 Å². The largest absolute Gasteiger partial charge is 0.475 e. The Bertz CT molecular complexity index is 723. The molecule has 5 unspecified atom stereocenters. The Morgan fingerprint density at radius 3 is 2.96 bits per heavy atom. The summed E-state index contributed by atoms with van der Waals surface area (Å²) in [6.45, 7) is 5.40. The molecule has 8 nitrogen and oxygen atoms in total. The minimum Gasteiger partial charge on any atom is -0.383 e. The zero-order valence-corrected chi connectivity index (χ0v) is 15.5. The molecule has 0 bridgehead atoms. The van der Waals surface area contributed by atoms with E-state index < -0.39 is 31.9 Å². The van der Waals surface area contributed by atoms with Crippen LogP contribution in [0.1, 0.15) is 32.7 Å². The third-order valence-corrected chi connectivity index (χ3v) is 5.97. The van der Waals surface area contributed by atoms with Crippen LogP contribution in [-0.2, 0) is 29.3 Å². The minimum absolute atomic E-state index is 0.00237. The van der Waals surface area contributed by atoms with Gasteiger partial charge in [-0.1, -0.05) is 6.92 Å². The van der Waals surface area contributed by atoms with E-state index in [-0.39, 0.29) is 13.2 Å². The van der Waals surface area contributed by atoms with Gasteiger partial charge in [-0.3, -0.25) is 18.1 Å². The van der Waals surface area contributed by atoms with Crippen molar-refractivity contribution in [1.29, 1.82) is 0 Å². The van der Waals surface area contributed by atoms with E-state index in [2.05, 4.69) is 4.98 Å². The molecular formula is C14H21N2O6PS. The fraction of sp³-hybridized carbons (Fsp3) is 0.714. The second-order valence-corrected chi connectivity index (χ2v) is 7.89. The van der Waals surface area contributed by atoms with Crippen molar-refractivity contribution >= 4 is 20.0 Å². The van der Waals surface area contributed by atoms with Crippen molar-refractivity contribution in [2.45, 2.75) is 51.2 Å². The molecule has 0 spiro atoms. The summed E-state index contributed by atoms with van der Waals surface area (Å²) in [6.07, 6.45) is 0.219. The van der Waals surface area contributed by atoms with Gasteiger partial charge in [0.2, 0.25) is 4.77 Å². The molecule has 3 heterocycles. The van der Waals surface area contributed by atoms with Crippen LogP contribution in [0.5, 0.6) is 0 Å². The van der Waals surface area contributed by atoms with Crippen molar-refractivity contribution in [3.05, 3.63) is 22.7 Å². The molecule has 2 aliphatic heterocycles. The van der Waals surface area contributed by atoms with Crippen LogP contribution in [0.4, 0.5) is 0 Å². The molecule has 0 aliphatic carbocycles. The Balaban J connectivity index is 1.91. The van der Waals surface area contributed by atoms with E-state index >= 15 is 0 Å². The number of hydrogen-bond acceptors (Lipinski definition) is 8. The van der Waals surface area contributed by atoms with Crippen LogP contribution in [0.25, 0.3) is 0 Å². The quantitative estimate of drug-likeness (QED) is 0.633. The van der Waals surface area contributed by atoms with E-state index in [0.717, 1.165) is 12.1 Å². The lowest BCUT2D eigenvalue weighted by atomic mass is 9.96. The molecule has 0 aromatic carbocycles. The maximum absolute atomic E-state index is 12.4. The van der Waals surface area contributed by atoms with Crippen LogP contribution in [0.3, 0.4) is 0 Å². The van der Waals surface area contributed by atoms with Gasteiger partial charge in [0.05, 0.1) is 13.2 Å². The van der Waals surface area contributed by atoms with Crippen molar-refractivity contribution in [2.75, 3.05) is 13.2 Å². The van der Waals surface area contributed by atoms with Gasteiger partial charge in [0.25, 0.3) is 0 Å². The van der Waals surface area contributed by atoms with Gasteiger partial charge in [0.1, 0.15) is 17.8 Å². The highest BCUT2D eigenvalue weighted by atomic mass is 32.1. The van der Waals surface area contributed by atoms with Crippen LogP contribution >= 0.6 is 20.0 Å². The number of phosphoric acid groups is 1. The number of ether oxygens (including phenoxy) is 1. The average Bonchev–Trinajstić information content (AvgIpc) is 2.78. The molecule has 3 rings (SSSR count). The van der Waals surface area contributed by atoms with E-state index in [1.165, 1.54) is 0 Å². The first-order valence-electron chi connectivity index (χ1n) is 7.84. The Hall–Kier alpha value is -0.670. The molecule has 2 saturated heterocycles. The van der Waals surface area contributed by atoms with E-state index in [1.54, 1.807) is 24.6 Å². The van der Waals surface area contributed by atoms with Crippen molar-refractivity contribution < 1.29 is 28.0 Å². The molecule has 10 heteroatoms. The first-order valence-corrected chi connectivity index (χ1v) is 9.71. The second-order valence-electron chi connectivity index (χ2n) is 5.90. The molecular weight excluding hydrogens is 355 g/mol. The lowest BCUT2D eigenvalue weighted by molar-refractivity contribution is -0.0933. The summed E-state index contributed by atoms with van der Waals surface area (Å²) in [5.41, 5.74) is -0.624. The Morgan fingerprint density at radius 2 is 2.33 bits per heavy atom. The monoisotopic (exact) mass is 376 g/mol. The molecule has 0 radical (unpaired) electrons. The molecule has 0 saturated carbocycles. The number of hydrogen-bond donors (Lipinski definition) is 1. The highest BCUT2D eigenvalue weighted by Gasteiger charge is 2.60. The normalized spacial score (nSPS) is 38.9. The number of fused-ring (bicyclic) bond motifs is 1. The lowest BCUT2D eigenvalue weighted by Crippen LogP contribution is -2.47. The number of nitrogens with zero attached hydrogens (tertiary/aromatic N) is 2. The van der Waals surface area contributed by atoms with Crippen LogP contribution in [-0.4, -0.2) is 45.7 Å². The smallest absolute Gasteiger partial charge is 0.383 e. The summed E-state index contributed by atoms with van der Waals surface area (Å²) in [5.74, 6) is 0. The molecule has 0 amide bonds. The number of phosphoric ester groups is 1. The summed E-state index contributed by atoms with van der Waals surface area (Å²) in [6, 6.07) is 1.82. The van der Waals surface area contributed by atoms with Gasteiger partial charge in [-0.25, -0.2) is 9.55 Å². The average molecular weight is 376 g/mol. The first kappa shape index (κ1) is 18.1. The highest BCUT2D eigenvalue weighted by Crippen LogP contribution is 2.58. The Labute approximate surface area is 145 Å². The van der Waals surface area contributed by atoms with E-state index in [4.69, 9.17) is 30.5 Å². The zero-order chi connectivity index (χ0) is 17.5. The maximum atomic E-state index is 12.4. The summed E-state index contributed by atoms with van der Waals surface area (Å²) in [7, 11) is -3.70. The van der Waals surface area contributed by atoms with Crippen molar-refractivity contribution in [3.8, 4) is 0 Å². The zero-order valence-electron chi connectivity index (χ0n) is 13.7. The summed E-state index contributed by atoms with van der Waals surface area (Å²) in [5, 5.41) is 11.0. The fourth-order valence-electron chi connectivity index (χ4n) is 2.92. The molecule has 1 N–H and O–H groups in total. The molecule has 2 fully saturated rings. The number of aromatic nitrogens is 2. The summed E-state index contributed by atoms with van der Waals surface area (Å²) in [4.78, 5) is 4.31. The Morgan fingerprint density at radius 1 is 1.58 bits per heavy atom. The topological polar surface area (TPSA) is 92.0 Å². The van der Waals surface area contributed by atoms with Crippen molar-refractivity contribution in [2.24, 2.45) is 0 Å². The van der Waals surface area contributed by atoms with E-state index in [0.29, 0.717) is 4.77 Å².